The van der Waals surface area contributed by atoms with Gasteiger partial charge in [0.15, 0.2) is 0 Å². The van der Waals surface area contributed by atoms with Crippen LogP contribution in [0.2, 0.25) is 0 Å². The summed E-state index contributed by atoms with van der Waals surface area (Å²) in [5.74, 6) is 1.30. The van der Waals surface area contributed by atoms with Crippen molar-refractivity contribution in [3.63, 3.8) is 0 Å². The van der Waals surface area contributed by atoms with Crippen molar-refractivity contribution < 1.29 is 24.1 Å². The highest BCUT2D eigenvalue weighted by atomic mass is 16.5. The van der Waals surface area contributed by atoms with Gasteiger partial charge in [0.05, 0.1) is 25.8 Å². The second kappa shape index (κ2) is 16.0. The molecule has 0 saturated carbocycles. The number of hydrogen-bond donors (Lipinski definition) is 2. The number of rotatable bonds is 17. The van der Waals surface area contributed by atoms with E-state index < -0.39 is 5.97 Å². The maximum Gasteiger partial charge on any atom is 0.307 e. The van der Waals surface area contributed by atoms with E-state index in [2.05, 4.69) is 17.1 Å². The monoisotopic (exact) mass is 518 g/mol. The molecule has 0 atom stereocenters. The fourth-order valence-corrected chi connectivity index (χ4v) is 3.97. The van der Waals surface area contributed by atoms with E-state index in [0.717, 1.165) is 25.0 Å². The molecule has 0 fully saturated rings. The molecule has 3 aromatic rings. The molecule has 3 N–H and O–H groups in total. The summed E-state index contributed by atoms with van der Waals surface area (Å²) in [7, 11) is 1.69. The number of anilines is 1. The van der Waals surface area contributed by atoms with Crippen molar-refractivity contribution in [1.29, 1.82) is 0 Å². The number of carboxylic acid groups (broad SMARTS) is 1. The molecular weight excluding hydrogens is 480 g/mol. The lowest BCUT2D eigenvalue weighted by molar-refractivity contribution is -0.135. The number of aryl methyl sites for hydroxylation is 1. The second-order valence-electron chi connectivity index (χ2n) is 9.12. The first kappa shape index (κ1) is 28.6. The van der Waals surface area contributed by atoms with E-state index in [1.54, 1.807) is 31.4 Å². The van der Waals surface area contributed by atoms with Gasteiger partial charge in [-0.15, -0.1) is 0 Å². The smallest absolute Gasteiger partial charge is 0.307 e. The molecule has 3 rings (SSSR count). The van der Waals surface area contributed by atoms with Crippen LogP contribution in [0.25, 0.3) is 6.08 Å². The molecule has 1 heterocycles. The molecule has 2 aromatic carbocycles. The number of aromatic nitrogens is 1. The summed E-state index contributed by atoms with van der Waals surface area (Å²) in [4.78, 5) is 15.5. The number of benzene rings is 2. The van der Waals surface area contributed by atoms with E-state index >= 15 is 0 Å². The number of aliphatic carboxylic acids is 1. The topological polar surface area (TPSA) is 104 Å². The lowest BCUT2D eigenvalue weighted by Crippen LogP contribution is -2.04. The van der Waals surface area contributed by atoms with Crippen molar-refractivity contribution >= 4 is 17.7 Å². The highest BCUT2D eigenvalue weighted by molar-refractivity contribution is 5.70. The van der Waals surface area contributed by atoms with Crippen molar-refractivity contribution in [2.24, 2.45) is 0 Å². The molecule has 202 valence electrons. The lowest BCUT2D eigenvalue weighted by atomic mass is 10.0. The van der Waals surface area contributed by atoms with Crippen molar-refractivity contribution in [3.8, 4) is 17.2 Å². The van der Waals surface area contributed by atoms with Gasteiger partial charge in [0.1, 0.15) is 29.5 Å². The SMILES string of the molecule is COc1ccc(CCCCCCCCOc2ccc(COc3cccc(N)c3)nc2C=CCC(=O)O)cc1. The number of nitrogen functional groups attached to an aromatic ring is 1. The number of methoxy groups -OCH3 is 1. The van der Waals surface area contributed by atoms with E-state index in [0.29, 0.717) is 35.2 Å². The highest BCUT2D eigenvalue weighted by Crippen LogP contribution is 2.22. The zero-order valence-electron chi connectivity index (χ0n) is 22.1. The third-order valence-electron chi connectivity index (χ3n) is 6.03. The zero-order chi connectivity index (χ0) is 27.0. The van der Waals surface area contributed by atoms with Crippen LogP contribution in [-0.2, 0) is 17.8 Å². The molecule has 0 radical (unpaired) electrons. The summed E-state index contributed by atoms with van der Waals surface area (Å²) in [5, 5.41) is 8.97. The van der Waals surface area contributed by atoms with Gasteiger partial charge in [0.2, 0.25) is 0 Å². The van der Waals surface area contributed by atoms with Crippen molar-refractivity contribution in [3.05, 3.63) is 83.7 Å². The number of unbranched alkanes of at least 4 members (excludes halogenated alkanes) is 5. The van der Waals surface area contributed by atoms with Crippen LogP contribution in [0, 0.1) is 0 Å². The summed E-state index contributed by atoms with van der Waals surface area (Å²) in [5.41, 5.74) is 9.09. The molecule has 0 unspecified atom stereocenters. The Morgan fingerprint density at radius 1 is 0.921 bits per heavy atom. The van der Waals surface area contributed by atoms with E-state index in [4.69, 9.17) is 25.1 Å². The third-order valence-corrected chi connectivity index (χ3v) is 6.03. The fraction of sp³-hybridized carbons (Fsp3) is 0.355. The number of hydrogen-bond acceptors (Lipinski definition) is 6. The predicted molar refractivity (Wildman–Crippen MR) is 151 cm³/mol. The Balaban J connectivity index is 1.40. The molecule has 0 aliphatic heterocycles. The van der Waals surface area contributed by atoms with Crippen molar-refractivity contribution in [1.82, 2.24) is 4.98 Å². The molecule has 0 bridgehead atoms. The second-order valence-corrected chi connectivity index (χ2v) is 9.12. The van der Waals surface area contributed by atoms with Crippen LogP contribution in [0.4, 0.5) is 5.69 Å². The first-order valence-corrected chi connectivity index (χ1v) is 13.2. The molecule has 0 saturated heterocycles. The van der Waals surface area contributed by atoms with Crippen LogP contribution >= 0.6 is 0 Å². The Morgan fingerprint density at radius 2 is 1.68 bits per heavy atom. The quantitative estimate of drug-likeness (QED) is 0.151. The largest absolute Gasteiger partial charge is 0.497 e. The normalized spacial score (nSPS) is 11.0. The van der Waals surface area contributed by atoms with E-state index in [-0.39, 0.29) is 13.0 Å². The summed E-state index contributed by atoms with van der Waals surface area (Å²) in [6.45, 7) is 0.856. The molecule has 0 amide bonds. The number of carboxylic acids is 1. The first-order valence-electron chi connectivity index (χ1n) is 13.2. The van der Waals surface area contributed by atoms with Crippen LogP contribution in [0.15, 0.2) is 66.7 Å². The molecule has 0 spiro atoms. The van der Waals surface area contributed by atoms with Crippen molar-refractivity contribution in [2.45, 2.75) is 58.0 Å². The van der Waals surface area contributed by atoms with Gasteiger partial charge in [0, 0.05) is 11.8 Å². The predicted octanol–water partition coefficient (Wildman–Crippen LogP) is 6.70. The minimum Gasteiger partial charge on any atom is -0.497 e. The van der Waals surface area contributed by atoms with E-state index in [1.807, 2.05) is 36.4 Å². The van der Waals surface area contributed by atoms with Gasteiger partial charge in [-0.25, -0.2) is 4.98 Å². The van der Waals surface area contributed by atoms with Crippen LogP contribution in [-0.4, -0.2) is 29.8 Å². The molecule has 38 heavy (non-hydrogen) atoms. The van der Waals surface area contributed by atoms with Gasteiger partial charge in [-0.2, -0.15) is 0 Å². The minimum atomic E-state index is -0.895. The third kappa shape index (κ3) is 10.5. The molecule has 1 aromatic heterocycles. The highest BCUT2D eigenvalue weighted by Gasteiger charge is 2.07. The number of carbonyl (C=O) groups is 1. The summed E-state index contributed by atoms with van der Waals surface area (Å²) in [6, 6.07) is 19.2. The zero-order valence-corrected chi connectivity index (χ0v) is 22.1. The Hall–Kier alpha value is -4.00. The Labute approximate surface area is 225 Å². The van der Waals surface area contributed by atoms with E-state index in [9.17, 15) is 4.79 Å². The summed E-state index contributed by atoms with van der Waals surface area (Å²) < 4.78 is 17.0. The van der Waals surface area contributed by atoms with Gasteiger partial charge >= 0.3 is 5.97 Å². The summed E-state index contributed by atoms with van der Waals surface area (Å²) in [6.07, 6.45) is 11.1. The first-order chi connectivity index (χ1) is 18.5. The van der Waals surface area contributed by atoms with Crippen LogP contribution < -0.4 is 19.9 Å². The average Bonchev–Trinajstić information content (AvgIpc) is 2.92. The van der Waals surface area contributed by atoms with Gasteiger partial charge in [0.25, 0.3) is 0 Å². The minimum absolute atomic E-state index is 0.0798. The molecule has 0 aliphatic rings. The number of nitrogens with two attached hydrogens (primary N) is 1. The average molecular weight is 519 g/mol. The molecule has 7 heteroatoms. The van der Waals surface area contributed by atoms with Crippen LogP contribution in [0.3, 0.4) is 0 Å². The van der Waals surface area contributed by atoms with Gasteiger partial charge < -0.3 is 25.1 Å². The van der Waals surface area contributed by atoms with Crippen LogP contribution in [0.1, 0.15) is 61.9 Å². The standard InChI is InChI=1S/C31H38N2O5/c1-36-27-18-15-24(16-19-27)10-6-4-2-3-5-7-21-37-30-20-17-26(33-29(30)13-9-14-31(34)35)23-38-28-12-8-11-25(32)22-28/h8-9,11-13,15-20,22H,2-7,10,14,21,23,32H2,1H3,(H,34,35). The fourth-order valence-electron chi connectivity index (χ4n) is 3.97. The molecule has 7 nitrogen and oxygen atoms in total. The number of ether oxygens (including phenoxy) is 3. The van der Waals surface area contributed by atoms with Gasteiger partial charge in [-0.3, -0.25) is 4.79 Å². The Kier molecular flexibility index (Phi) is 12.0. The van der Waals surface area contributed by atoms with E-state index in [1.165, 1.54) is 31.2 Å². The number of pyridine rings is 1. The van der Waals surface area contributed by atoms with Crippen molar-refractivity contribution in [2.75, 3.05) is 19.5 Å². The van der Waals surface area contributed by atoms with Gasteiger partial charge in [-0.1, -0.05) is 50.0 Å². The van der Waals surface area contributed by atoms with Gasteiger partial charge in [-0.05, 0) is 67.3 Å². The Morgan fingerprint density at radius 3 is 2.42 bits per heavy atom. The lowest BCUT2D eigenvalue weighted by Gasteiger charge is -2.11. The molecule has 0 aliphatic carbocycles. The maximum absolute atomic E-state index is 10.9. The summed E-state index contributed by atoms with van der Waals surface area (Å²) >= 11 is 0. The van der Waals surface area contributed by atoms with Crippen LogP contribution in [0.5, 0.6) is 17.2 Å². The maximum atomic E-state index is 10.9. The molecular formula is C31H38N2O5. The number of nitrogens with zero attached hydrogens (tertiary/aromatic N) is 1. The Bertz CT molecular complexity index is 1160.